The van der Waals surface area contributed by atoms with Crippen molar-refractivity contribution >= 4 is 35.8 Å². The van der Waals surface area contributed by atoms with E-state index in [2.05, 4.69) is 48.2 Å². The zero-order valence-corrected chi connectivity index (χ0v) is 19.2. The molecular weight excluding hydrogens is 429 g/mol. The first-order chi connectivity index (χ1) is 11.2. The minimum atomic E-state index is 0. The van der Waals surface area contributed by atoms with Gasteiger partial charge in [-0.1, -0.05) is 20.3 Å². The summed E-state index contributed by atoms with van der Waals surface area (Å²) >= 11 is 0. The predicted molar refractivity (Wildman–Crippen MR) is 117 cm³/mol. The lowest BCUT2D eigenvalue weighted by molar-refractivity contribution is -0.127. The molecule has 1 fully saturated rings. The van der Waals surface area contributed by atoms with Gasteiger partial charge in [-0.05, 0) is 45.7 Å². The van der Waals surface area contributed by atoms with E-state index in [9.17, 15) is 4.79 Å². The molecular formula is C18H38IN5O. The van der Waals surface area contributed by atoms with Crippen LogP contribution in [0.4, 0.5) is 0 Å². The summed E-state index contributed by atoms with van der Waals surface area (Å²) in [6, 6.07) is 0. The summed E-state index contributed by atoms with van der Waals surface area (Å²) in [5, 5.41) is 6.77. The number of nitrogens with zero attached hydrogens (tertiary/aromatic N) is 3. The number of halogens is 1. The molecule has 0 aliphatic carbocycles. The number of likely N-dealkylation sites (N-methyl/N-ethyl adjacent to an activating group) is 1. The van der Waals surface area contributed by atoms with E-state index in [0.717, 1.165) is 19.0 Å². The summed E-state index contributed by atoms with van der Waals surface area (Å²) in [4.78, 5) is 20.4. The van der Waals surface area contributed by atoms with Gasteiger partial charge in [0.15, 0.2) is 5.96 Å². The molecule has 0 spiro atoms. The van der Waals surface area contributed by atoms with Crippen molar-refractivity contribution in [1.29, 1.82) is 0 Å². The lowest BCUT2D eigenvalue weighted by Crippen LogP contribution is -2.55. The average Bonchev–Trinajstić information content (AvgIpc) is 2.54. The first kappa shape index (κ1) is 24.4. The van der Waals surface area contributed by atoms with Crippen LogP contribution in [0.5, 0.6) is 0 Å². The van der Waals surface area contributed by atoms with Crippen LogP contribution in [0.15, 0.2) is 4.99 Å². The second kappa shape index (κ2) is 11.9. The molecule has 7 heteroatoms. The summed E-state index contributed by atoms with van der Waals surface area (Å²) in [7, 11) is 3.51. The highest BCUT2D eigenvalue weighted by molar-refractivity contribution is 14.0. The van der Waals surface area contributed by atoms with E-state index in [1.807, 2.05) is 0 Å². The minimum absolute atomic E-state index is 0. The molecule has 148 valence electrons. The van der Waals surface area contributed by atoms with Gasteiger partial charge in [0.2, 0.25) is 5.91 Å². The minimum Gasteiger partial charge on any atom is -0.356 e. The molecule has 1 rings (SSSR count). The molecule has 0 saturated carbocycles. The lowest BCUT2D eigenvalue weighted by Gasteiger charge is -2.41. The Labute approximate surface area is 171 Å². The van der Waals surface area contributed by atoms with Gasteiger partial charge in [0, 0.05) is 32.7 Å². The Balaban J connectivity index is 0.00000576. The molecule has 0 atom stereocenters. The SMILES string of the molecule is CC(C)CNC(=NCC(=O)N(C)C)NCC(C)(C)N1CCCCC1.I. The third kappa shape index (κ3) is 9.63. The fraction of sp³-hybridized carbons (Fsp3) is 0.889. The lowest BCUT2D eigenvalue weighted by atomic mass is 9.98. The molecule has 25 heavy (non-hydrogen) atoms. The molecule has 1 aliphatic heterocycles. The topological polar surface area (TPSA) is 60.0 Å². The van der Waals surface area contributed by atoms with E-state index < -0.39 is 0 Å². The van der Waals surface area contributed by atoms with Crippen molar-refractivity contribution in [3.63, 3.8) is 0 Å². The van der Waals surface area contributed by atoms with Crippen LogP contribution >= 0.6 is 24.0 Å². The normalized spacial score (nSPS) is 16.4. The Morgan fingerprint density at radius 1 is 1.16 bits per heavy atom. The van der Waals surface area contributed by atoms with Gasteiger partial charge in [-0.25, -0.2) is 4.99 Å². The monoisotopic (exact) mass is 467 g/mol. The Morgan fingerprint density at radius 3 is 2.28 bits per heavy atom. The van der Waals surface area contributed by atoms with Gasteiger partial charge in [0.1, 0.15) is 6.54 Å². The van der Waals surface area contributed by atoms with Crippen LogP contribution in [0.1, 0.15) is 47.0 Å². The van der Waals surface area contributed by atoms with Gasteiger partial charge in [-0.2, -0.15) is 0 Å². The summed E-state index contributed by atoms with van der Waals surface area (Å²) in [6.45, 7) is 13.0. The highest BCUT2D eigenvalue weighted by atomic mass is 127. The van der Waals surface area contributed by atoms with Gasteiger partial charge < -0.3 is 15.5 Å². The second-order valence-corrected chi connectivity index (χ2v) is 7.94. The number of hydrogen-bond acceptors (Lipinski definition) is 3. The van der Waals surface area contributed by atoms with Crippen molar-refractivity contribution in [3.8, 4) is 0 Å². The molecule has 0 aromatic heterocycles. The molecule has 0 radical (unpaired) electrons. The third-order valence-electron chi connectivity index (χ3n) is 4.45. The maximum Gasteiger partial charge on any atom is 0.243 e. The highest BCUT2D eigenvalue weighted by Crippen LogP contribution is 2.19. The Bertz CT molecular complexity index is 418. The first-order valence-corrected chi connectivity index (χ1v) is 9.20. The Kier molecular flexibility index (Phi) is 11.7. The van der Waals surface area contributed by atoms with Crippen molar-refractivity contribution in [1.82, 2.24) is 20.4 Å². The van der Waals surface area contributed by atoms with Gasteiger partial charge in [0.05, 0.1) is 0 Å². The van der Waals surface area contributed by atoms with Crippen LogP contribution < -0.4 is 10.6 Å². The number of rotatable bonds is 7. The zero-order valence-electron chi connectivity index (χ0n) is 16.9. The van der Waals surface area contributed by atoms with Crippen molar-refractivity contribution in [2.75, 3.05) is 46.8 Å². The van der Waals surface area contributed by atoms with Crippen molar-refractivity contribution in [3.05, 3.63) is 0 Å². The number of guanidine groups is 1. The standard InChI is InChI=1S/C18H37N5O.HI/c1-15(2)12-19-17(20-13-16(24)22(5)6)21-14-18(3,4)23-10-8-7-9-11-23;/h15H,7-14H2,1-6H3,(H2,19,20,21);1H. The largest absolute Gasteiger partial charge is 0.356 e. The highest BCUT2D eigenvalue weighted by Gasteiger charge is 2.27. The zero-order chi connectivity index (χ0) is 18.2. The number of amides is 1. The molecule has 6 nitrogen and oxygen atoms in total. The van der Waals surface area contributed by atoms with E-state index in [-0.39, 0.29) is 42.0 Å². The molecule has 0 aromatic carbocycles. The number of piperidine rings is 1. The molecule has 1 amide bonds. The molecule has 0 unspecified atom stereocenters. The van der Waals surface area contributed by atoms with Crippen molar-refractivity contribution in [2.24, 2.45) is 10.9 Å². The van der Waals surface area contributed by atoms with E-state index in [1.165, 1.54) is 32.4 Å². The summed E-state index contributed by atoms with van der Waals surface area (Å²) in [5.41, 5.74) is 0.0757. The number of carbonyl (C=O) groups excluding carboxylic acids is 1. The molecule has 0 bridgehead atoms. The molecule has 1 aliphatic rings. The smallest absolute Gasteiger partial charge is 0.243 e. The molecule has 2 N–H and O–H groups in total. The van der Waals surface area contributed by atoms with Gasteiger partial charge in [-0.15, -0.1) is 24.0 Å². The Hall–Kier alpha value is -0.570. The van der Waals surface area contributed by atoms with E-state index in [0.29, 0.717) is 5.92 Å². The Morgan fingerprint density at radius 2 is 1.76 bits per heavy atom. The third-order valence-corrected chi connectivity index (χ3v) is 4.45. The maximum absolute atomic E-state index is 11.8. The number of aliphatic imine (C=N–C) groups is 1. The van der Waals surface area contributed by atoms with E-state index in [1.54, 1.807) is 19.0 Å². The quantitative estimate of drug-likeness (QED) is 0.342. The van der Waals surface area contributed by atoms with E-state index in [4.69, 9.17) is 0 Å². The fourth-order valence-electron chi connectivity index (χ4n) is 2.67. The van der Waals surface area contributed by atoms with Crippen molar-refractivity contribution in [2.45, 2.75) is 52.5 Å². The summed E-state index contributed by atoms with van der Waals surface area (Å²) < 4.78 is 0. The molecule has 1 saturated heterocycles. The van der Waals surface area contributed by atoms with Crippen LogP contribution in [0, 0.1) is 5.92 Å². The van der Waals surface area contributed by atoms with Gasteiger partial charge in [0.25, 0.3) is 0 Å². The van der Waals surface area contributed by atoms with Crippen molar-refractivity contribution < 1.29 is 4.79 Å². The first-order valence-electron chi connectivity index (χ1n) is 9.20. The summed E-state index contributed by atoms with van der Waals surface area (Å²) in [5.74, 6) is 1.26. The average molecular weight is 467 g/mol. The van der Waals surface area contributed by atoms with Crippen LogP contribution in [-0.2, 0) is 4.79 Å². The van der Waals surface area contributed by atoms with Crippen LogP contribution in [0.2, 0.25) is 0 Å². The van der Waals surface area contributed by atoms with Gasteiger partial charge >= 0.3 is 0 Å². The predicted octanol–water partition coefficient (Wildman–Crippen LogP) is 2.15. The van der Waals surface area contributed by atoms with Crippen LogP contribution in [-0.4, -0.2) is 74.0 Å². The maximum atomic E-state index is 11.8. The number of carbonyl (C=O) groups is 1. The number of likely N-dealkylation sites (tertiary alicyclic amines) is 1. The number of nitrogens with one attached hydrogen (secondary N) is 2. The molecule has 0 aromatic rings. The summed E-state index contributed by atoms with van der Waals surface area (Å²) in [6.07, 6.45) is 3.91. The van der Waals surface area contributed by atoms with Crippen LogP contribution in [0.3, 0.4) is 0 Å². The van der Waals surface area contributed by atoms with Gasteiger partial charge in [-0.3, -0.25) is 9.69 Å². The molecule has 1 heterocycles. The van der Waals surface area contributed by atoms with E-state index >= 15 is 0 Å². The fourth-order valence-corrected chi connectivity index (χ4v) is 2.67. The second-order valence-electron chi connectivity index (χ2n) is 7.94. The number of hydrogen-bond donors (Lipinski definition) is 2. The van der Waals surface area contributed by atoms with Crippen LogP contribution in [0.25, 0.3) is 0 Å².